The van der Waals surface area contributed by atoms with Crippen LogP contribution in [0.5, 0.6) is 0 Å². The first-order valence-electron chi connectivity index (χ1n) is 6.49. The minimum atomic E-state index is 0.465. The lowest BCUT2D eigenvalue weighted by Crippen LogP contribution is -2.06. The maximum atomic E-state index is 2.36. The Balaban J connectivity index is 1.82. The van der Waals surface area contributed by atoms with Gasteiger partial charge in [0.1, 0.15) is 0 Å². The summed E-state index contributed by atoms with van der Waals surface area (Å²) >= 11 is 0. The van der Waals surface area contributed by atoms with Crippen molar-refractivity contribution < 1.29 is 0 Å². The van der Waals surface area contributed by atoms with E-state index < -0.39 is 0 Å². The van der Waals surface area contributed by atoms with E-state index in [1.165, 1.54) is 27.8 Å². The Morgan fingerprint density at radius 1 is 1.00 bits per heavy atom. The van der Waals surface area contributed by atoms with Gasteiger partial charge in [0.2, 0.25) is 0 Å². The topological polar surface area (TPSA) is 0 Å². The van der Waals surface area contributed by atoms with Crippen molar-refractivity contribution in [1.82, 2.24) is 0 Å². The molecule has 4 rings (SSSR count). The molecule has 0 nitrogen and oxygen atoms in total. The molecular weight excluding hydrogens is 216 g/mol. The number of hydrogen-bond acceptors (Lipinski definition) is 0. The molecule has 0 aromatic heterocycles. The Hall–Kier alpha value is -2.08. The normalized spacial score (nSPS) is 23.3. The highest BCUT2D eigenvalue weighted by atomic mass is 14.3. The zero-order valence-electron chi connectivity index (χ0n) is 10.1. The van der Waals surface area contributed by atoms with Gasteiger partial charge in [-0.3, -0.25) is 0 Å². The summed E-state index contributed by atoms with van der Waals surface area (Å²) in [5.41, 5.74) is 7.13. The summed E-state index contributed by atoms with van der Waals surface area (Å²) in [6, 6.07) is 8.68. The van der Waals surface area contributed by atoms with Crippen LogP contribution in [0.25, 0.3) is 11.6 Å². The fourth-order valence-electron chi connectivity index (χ4n) is 3.10. The molecule has 0 heterocycles. The molecule has 1 atom stereocenters. The van der Waals surface area contributed by atoms with Gasteiger partial charge in [0.05, 0.1) is 0 Å². The minimum Gasteiger partial charge on any atom is -0.0804 e. The van der Waals surface area contributed by atoms with Crippen LogP contribution in [0.2, 0.25) is 0 Å². The average molecular weight is 230 g/mol. The van der Waals surface area contributed by atoms with Gasteiger partial charge in [-0.2, -0.15) is 0 Å². The van der Waals surface area contributed by atoms with Crippen molar-refractivity contribution >= 4 is 11.6 Å². The van der Waals surface area contributed by atoms with Gasteiger partial charge in [-0.1, -0.05) is 66.3 Å². The smallest absolute Gasteiger partial charge is 0.0244 e. The van der Waals surface area contributed by atoms with Crippen LogP contribution in [-0.4, -0.2) is 0 Å². The molecule has 0 saturated carbocycles. The van der Waals surface area contributed by atoms with Crippen LogP contribution in [0.15, 0.2) is 71.9 Å². The van der Waals surface area contributed by atoms with Crippen molar-refractivity contribution in [2.45, 2.75) is 6.42 Å². The fourth-order valence-corrected chi connectivity index (χ4v) is 3.10. The van der Waals surface area contributed by atoms with Crippen LogP contribution < -0.4 is 0 Å². The zero-order valence-corrected chi connectivity index (χ0v) is 10.1. The molecule has 86 valence electrons. The number of allylic oxidation sites excluding steroid dienone is 9. The monoisotopic (exact) mass is 230 g/mol. The molecule has 0 fully saturated rings. The van der Waals surface area contributed by atoms with E-state index in [0.717, 1.165) is 6.42 Å². The number of rotatable bonds is 1. The number of hydrogen-bond donors (Lipinski definition) is 0. The van der Waals surface area contributed by atoms with Crippen molar-refractivity contribution in [1.29, 1.82) is 0 Å². The predicted octanol–water partition coefficient (Wildman–Crippen LogP) is 4.54. The van der Waals surface area contributed by atoms with Gasteiger partial charge < -0.3 is 0 Å². The molecule has 1 aromatic carbocycles. The first kappa shape index (κ1) is 9.90. The third kappa shape index (κ3) is 1.32. The summed E-state index contributed by atoms with van der Waals surface area (Å²) in [4.78, 5) is 0. The second kappa shape index (κ2) is 3.71. The van der Waals surface area contributed by atoms with E-state index >= 15 is 0 Å². The van der Waals surface area contributed by atoms with Crippen molar-refractivity contribution in [3.05, 3.63) is 83.0 Å². The lowest BCUT2D eigenvalue weighted by molar-refractivity contribution is 0.901. The third-order valence-electron chi connectivity index (χ3n) is 3.97. The molecule has 3 aliphatic rings. The molecule has 18 heavy (non-hydrogen) atoms. The first-order valence-corrected chi connectivity index (χ1v) is 6.49. The highest BCUT2D eigenvalue weighted by molar-refractivity contribution is 5.97. The molecule has 1 unspecified atom stereocenters. The van der Waals surface area contributed by atoms with Crippen LogP contribution in [0, 0.1) is 5.92 Å². The summed E-state index contributed by atoms with van der Waals surface area (Å²) in [5.74, 6) is 0.465. The molecule has 0 bridgehead atoms. The minimum absolute atomic E-state index is 0.465. The average Bonchev–Trinajstić information content (AvgIpc) is 3.05. The Morgan fingerprint density at radius 2 is 1.94 bits per heavy atom. The molecule has 3 aliphatic carbocycles. The summed E-state index contributed by atoms with van der Waals surface area (Å²) in [5, 5.41) is 0. The molecular formula is C18H14. The molecule has 0 amide bonds. The predicted molar refractivity (Wildman–Crippen MR) is 76.9 cm³/mol. The molecule has 0 heteroatoms. The number of benzene rings is 1. The SMILES string of the molecule is C1=CCC(C2C=CC=C3C2=Cc2ccccc23)=C1. The lowest BCUT2D eigenvalue weighted by Gasteiger charge is -2.21. The summed E-state index contributed by atoms with van der Waals surface area (Å²) in [6.45, 7) is 0. The van der Waals surface area contributed by atoms with Gasteiger partial charge in [0.15, 0.2) is 0 Å². The Bertz CT molecular complexity index is 663. The van der Waals surface area contributed by atoms with E-state index in [-0.39, 0.29) is 0 Å². The van der Waals surface area contributed by atoms with E-state index in [1.54, 1.807) is 0 Å². The van der Waals surface area contributed by atoms with Gasteiger partial charge >= 0.3 is 0 Å². The van der Waals surface area contributed by atoms with Crippen molar-refractivity contribution in [2.75, 3.05) is 0 Å². The summed E-state index contributed by atoms with van der Waals surface area (Å²) < 4.78 is 0. The highest BCUT2D eigenvalue weighted by Crippen LogP contribution is 2.45. The molecule has 0 N–H and O–H groups in total. The van der Waals surface area contributed by atoms with Crippen molar-refractivity contribution in [3.63, 3.8) is 0 Å². The van der Waals surface area contributed by atoms with E-state index in [9.17, 15) is 0 Å². The Kier molecular flexibility index (Phi) is 2.04. The molecule has 1 aromatic rings. The van der Waals surface area contributed by atoms with Crippen molar-refractivity contribution in [2.24, 2.45) is 5.92 Å². The summed E-state index contributed by atoms with van der Waals surface area (Å²) in [7, 11) is 0. The molecule has 0 aliphatic heterocycles. The largest absolute Gasteiger partial charge is 0.0804 e. The van der Waals surface area contributed by atoms with Crippen LogP contribution in [0.4, 0.5) is 0 Å². The molecule has 0 saturated heterocycles. The maximum absolute atomic E-state index is 2.36. The number of fused-ring (bicyclic) bond motifs is 3. The maximum Gasteiger partial charge on any atom is 0.0244 e. The van der Waals surface area contributed by atoms with Crippen LogP contribution >= 0.6 is 0 Å². The van der Waals surface area contributed by atoms with Gasteiger partial charge in [-0.05, 0) is 34.8 Å². The van der Waals surface area contributed by atoms with Gasteiger partial charge in [-0.15, -0.1) is 0 Å². The van der Waals surface area contributed by atoms with E-state index in [4.69, 9.17) is 0 Å². The first-order chi connectivity index (χ1) is 8.93. The highest BCUT2D eigenvalue weighted by Gasteiger charge is 2.27. The van der Waals surface area contributed by atoms with E-state index in [2.05, 4.69) is 66.8 Å². The second-order valence-corrected chi connectivity index (χ2v) is 5.00. The fraction of sp³-hybridized carbons (Fsp3) is 0.111. The van der Waals surface area contributed by atoms with E-state index in [1.807, 2.05) is 0 Å². The quantitative estimate of drug-likeness (QED) is 0.664. The zero-order chi connectivity index (χ0) is 11.9. The lowest BCUT2D eigenvalue weighted by atomic mass is 9.83. The Labute approximate surface area is 107 Å². The molecule has 0 radical (unpaired) electrons. The third-order valence-corrected chi connectivity index (χ3v) is 3.97. The van der Waals surface area contributed by atoms with Gasteiger partial charge in [0.25, 0.3) is 0 Å². The van der Waals surface area contributed by atoms with Gasteiger partial charge in [0, 0.05) is 5.92 Å². The standard InChI is InChI=1S/C18H14/c1-2-7-13(6-1)15-10-5-11-17-16-9-4-3-8-14(16)12-18(15)17/h1-6,8-12,15H,7H2. The van der Waals surface area contributed by atoms with Crippen LogP contribution in [0.1, 0.15) is 17.5 Å². The second-order valence-electron chi connectivity index (χ2n) is 5.00. The Morgan fingerprint density at radius 3 is 2.83 bits per heavy atom. The molecule has 0 spiro atoms. The summed E-state index contributed by atoms with van der Waals surface area (Å²) in [6.07, 6.45) is 16.9. The van der Waals surface area contributed by atoms with E-state index in [0.29, 0.717) is 5.92 Å². The van der Waals surface area contributed by atoms with Crippen LogP contribution in [-0.2, 0) is 0 Å². The van der Waals surface area contributed by atoms with Crippen LogP contribution in [0.3, 0.4) is 0 Å². The van der Waals surface area contributed by atoms with Crippen molar-refractivity contribution in [3.8, 4) is 0 Å². The van der Waals surface area contributed by atoms with Gasteiger partial charge in [-0.25, -0.2) is 0 Å².